The van der Waals surface area contributed by atoms with E-state index < -0.39 is 6.09 Å². The summed E-state index contributed by atoms with van der Waals surface area (Å²) in [7, 11) is 1.56. The van der Waals surface area contributed by atoms with Gasteiger partial charge in [0.05, 0.1) is 31.0 Å². The maximum absolute atomic E-state index is 11.1. The lowest BCUT2D eigenvalue weighted by atomic mass is 10.2. The average molecular weight is 345 g/mol. The van der Waals surface area contributed by atoms with Crippen LogP contribution in [-0.2, 0) is 4.74 Å². The number of halogens is 1. The van der Waals surface area contributed by atoms with E-state index in [1.165, 1.54) is 6.21 Å². The zero-order valence-electron chi connectivity index (χ0n) is 11.6. The molecular formula is C13H17BrN2O4. The van der Waals surface area contributed by atoms with E-state index in [1.54, 1.807) is 20.1 Å². The molecule has 1 rings (SSSR count). The van der Waals surface area contributed by atoms with Crippen molar-refractivity contribution in [3.05, 3.63) is 22.2 Å². The Balaban J connectivity index is 2.84. The van der Waals surface area contributed by atoms with Gasteiger partial charge in [0.2, 0.25) is 0 Å². The molecule has 1 N–H and O–H groups in total. The van der Waals surface area contributed by atoms with E-state index >= 15 is 0 Å². The molecule has 0 bridgehead atoms. The number of hydrazone groups is 1. The SMILES string of the molecule is CCOC(=O)N/N=C\c1cc(Br)c(OCC)c(OC)c1. The molecule has 0 aliphatic heterocycles. The van der Waals surface area contributed by atoms with Gasteiger partial charge in [-0.15, -0.1) is 0 Å². The van der Waals surface area contributed by atoms with Gasteiger partial charge in [-0.1, -0.05) is 0 Å². The Bertz CT molecular complexity index is 492. The van der Waals surface area contributed by atoms with E-state index in [1.807, 2.05) is 13.0 Å². The normalized spacial score (nSPS) is 10.4. The Morgan fingerprint density at radius 2 is 2.15 bits per heavy atom. The first-order valence-corrected chi connectivity index (χ1v) is 6.87. The topological polar surface area (TPSA) is 69.2 Å². The lowest BCUT2D eigenvalue weighted by Crippen LogP contribution is -2.18. The number of carbonyl (C=O) groups is 1. The molecule has 0 spiro atoms. The number of carbonyl (C=O) groups excluding carboxylic acids is 1. The molecule has 0 unspecified atom stereocenters. The van der Waals surface area contributed by atoms with Gasteiger partial charge in [0.25, 0.3) is 0 Å². The third-order valence-corrected chi connectivity index (χ3v) is 2.77. The summed E-state index contributed by atoms with van der Waals surface area (Å²) in [6.07, 6.45) is 0.889. The second kappa shape index (κ2) is 8.42. The van der Waals surface area contributed by atoms with Crippen LogP contribution in [0.15, 0.2) is 21.7 Å². The molecular weight excluding hydrogens is 328 g/mol. The number of rotatable bonds is 6. The van der Waals surface area contributed by atoms with Crippen molar-refractivity contribution in [2.24, 2.45) is 5.10 Å². The molecule has 0 aromatic heterocycles. The van der Waals surface area contributed by atoms with Crippen LogP contribution in [0.1, 0.15) is 19.4 Å². The first-order valence-electron chi connectivity index (χ1n) is 6.08. The fourth-order valence-corrected chi connectivity index (χ4v) is 2.00. The maximum Gasteiger partial charge on any atom is 0.427 e. The highest BCUT2D eigenvalue weighted by Gasteiger charge is 2.10. The molecule has 1 aromatic carbocycles. The molecule has 0 aliphatic carbocycles. The van der Waals surface area contributed by atoms with E-state index in [0.717, 1.165) is 10.0 Å². The van der Waals surface area contributed by atoms with E-state index in [4.69, 9.17) is 9.47 Å². The summed E-state index contributed by atoms with van der Waals surface area (Å²) < 4.78 is 16.2. The summed E-state index contributed by atoms with van der Waals surface area (Å²) >= 11 is 3.41. The number of amides is 1. The third kappa shape index (κ3) is 4.73. The zero-order valence-corrected chi connectivity index (χ0v) is 13.2. The summed E-state index contributed by atoms with van der Waals surface area (Å²) in [6, 6.07) is 3.57. The molecule has 0 radical (unpaired) electrons. The lowest BCUT2D eigenvalue weighted by Gasteiger charge is -2.11. The quantitative estimate of drug-likeness (QED) is 0.636. The van der Waals surface area contributed by atoms with Crippen LogP contribution in [0.2, 0.25) is 0 Å². The van der Waals surface area contributed by atoms with Crippen molar-refractivity contribution >= 4 is 28.2 Å². The van der Waals surface area contributed by atoms with Crippen LogP contribution in [0.25, 0.3) is 0 Å². The second-order valence-electron chi connectivity index (χ2n) is 3.56. The van der Waals surface area contributed by atoms with Crippen LogP contribution < -0.4 is 14.9 Å². The second-order valence-corrected chi connectivity index (χ2v) is 4.41. The molecule has 0 saturated carbocycles. The minimum Gasteiger partial charge on any atom is -0.493 e. The summed E-state index contributed by atoms with van der Waals surface area (Å²) in [4.78, 5) is 11.1. The number of benzene rings is 1. The summed E-state index contributed by atoms with van der Waals surface area (Å²) in [6.45, 7) is 4.44. The Labute approximate surface area is 126 Å². The predicted octanol–water partition coefficient (Wildman–Crippen LogP) is 2.94. The first kappa shape index (κ1) is 16.3. The Kier molecular flexibility index (Phi) is 6.86. The Morgan fingerprint density at radius 1 is 1.40 bits per heavy atom. The van der Waals surface area contributed by atoms with Crippen LogP contribution in [0.3, 0.4) is 0 Å². The fraction of sp³-hybridized carbons (Fsp3) is 0.385. The van der Waals surface area contributed by atoms with Crippen LogP contribution >= 0.6 is 15.9 Å². The van der Waals surface area contributed by atoms with Gasteiger partial charge in [0.1, 0.15) is 0 Å². The van der Waals surface area contributed by atoms with Gasteiger partial charge >= 0.3 is 6.09 Å². The highest BCUT2D eigenvalue weighted by molar-refractivity contribution is 9.10. The van der Waals surface area contributed by atoms with Crippen LogP contribution in [0, 0.1) is 0 Å². The summed E-state index contributed by atoms with van der Waals surface area (Å²) in [5.41, 5.74) is 2.99. The maximum atomic E-state index is 11.1. The number of hydrogen-bond acceptors (Lipinski definition) is 5. The van der Waals surface area contributed by atoms with Crippen molar-refractivity contribution in [2.75, 3.05) is 20.3 Å². The van der Waals surface area contributed by atoms with Crippen molar-refractivity contribution in [1.82, 2.24) is 5.43 Å². The van der Waals surface area contributed by atoms with Crippen molar-refractivity contribution in [3.8, 4) is 11.5 Å². The molecule has 7 heteroatoms. The van der Waals surface area contributed by atoms with Crippen molar-refractivity contribution in [3.63, 3.8) is 0 Å². The van der Waals surface area contributed by atoms with E-state index in [-0.39, 0.29) is 0 Å². The fourth-order valence-electron chi connectivity index (χ4n) is 1.42. The van der Waals surface area contributed by atoms with Crippen LogP contribution in [-0.4, -0.2) is 32.6 Å². The highest BCUT2D eigenvalue weighted by atomic mass is 79.9. The average Bonchev–Trinajstić information content (AvgIpc) is 2.41. The van der Waals surface area contributed by atoms with Crippen molar-refractivity contribution in [2.45, 2.75) is 13.8 Å². The molecule has 1 aromatic rings. The van der Waals surface area contributed by atoms with Crippen LogP contribution in [0.5, 0.6) is 11.5 Å². The van der Waals surface area contributed by atoms with E-state index in [2.05, 4.69) is 31.2 Å². The largest absolute Gasteiger partial charge is 0.493 e. The molecule has 0 saturated heterocycles. The Hall–Kier alpha value is -1.76. The molecule has 0 atom stereocenters. The summed E-state index contributed by atoms with van der Waals surface area (Å²) in [5.74, 6) is 1.21. The zero-order chi connectivity index (χ0) is 15.0. The van der Waals surface area contributed by atoms with Gasteiger partial charge in [-0.25, -0.2) is 10.2 Å². The smallest absolute Gasteiger partial charge is 0.427 e. The third-order valence-electron chi connectivity index (χ3n) is 2.19. The minimum atomic E-state index is -0.597. The van der Waals surface area contributed by atoms with Gasteiger partial charge in [0, 0.05) is 0 Å². The van der Waals surface area contributed by atoms with Crippen LogP contribution in [0.4, 0.5) is 4.79 Å². The predicted molar refractivity (Wildman–Crippen MR) is 79.6 cm³/mol. The van der Waals surface area contributed by atoms with Crippen molar-refractivity contribution < 1.29 is 19.0 Å². The molecule has 20 heavy (non-hydrogen) atoms. The van der Waals surface area contributed by atoms with Gasteiger partial charge in [0.15, 0.2) is 11.5 Å². The molecule has 1 amide bonds. The minimum absolute atomic E-state index is 0.295. The van der Waals surface area contributed by atoms with E-state index in [0.29, 0.717) is 24.7 Å². The molecule has 0 heterocycles. The number of hydrogen-bond donors (Lipinski definition) is 1. The number of methoxy groups -OCH3 is 1. The van der Waals surface area contributed by atoms with Gasteiger partial charge in [-0.2, -0.15) is 5.10 Å². The lowest BCUT2D eigenvalue weighted by molar-refractivity contribution is 0.152. The monoisotopic (exact) mass is 344 g/mol. The van der Waals surface area contributed by atoms with Crippen molar-refractivity contribution in [1.29, 1.82) is 0 Å². The Morgan fingerprint density at radius 3 is 2.75 bits per heavy atom. The summed E-state index contributed by atoms with van der Waals surface area (Å²) in [5, 5.41) is 3.79. The van der Waals surface area contributed by atoms with Gasteiger partial charge < -0.3 is 14.2 Å². The number of nitrogens with zero attached hydrogens (tertiary/aromatic N) is 1. The molecule has 110 valence electrons. The first-order chi connectivity index (χ1) is 9.62. The molecule has 6 nitrogen and oxygen atoms in total. The standard InChI is InChI=1S/C13H17BrN2O4/c1-4-19-12-10(14)6-9(7-11(12)18-3)8-15-16-13(17)20-5-2/h6-8H,4-5H2,1-3H3,(H,16,17)/b15-8-. The number of ether oxygens (including phenoxy) is 3. The van der Waals surface area contributed by atoms with Gasteiger partial charge in [-0.3, -0.25) is 0 Å². The molecule has 0 aliphatic rings. The van der Waals surface area contributed by atoms with Gasteiger partial charge in [-0.05, 0) is 47.5 Å². The molecule has 0 fully saturated rings. The number of nitrogens with one attached hydrogen (secondary N) is 1. The highest BCUT2D eigenvalue weighted by Crippen LogP contribution is 2.36. The van der Waals surface area contributed by atoms with E-state index in [9.17, 15) is 4.79 Å².